The van der Waals surface area contributed by atoms with Crippen LogP contribution < -0.4 is 0 Å². The third-order valence-electron chi connectivity index (χ3n) is 10.6. The molecule has 0 radical (unpaired) electrons. The number of aromatic nitrogens is 5. The maximum atomic E-state index is 5.18. The second-order valence-electron chi connectivity index (χ2n) is 14.5. The summed E-state index contributed by atoms with van der Waals surface area (Å²) < 4.78 is 0. The molecule has 60 heavy (non-hydrogen) atoms. The average Bonchev–Trinajstić information content (AvgIpc) is 3.35. The Bertz CT molecular complexity index is 2990. The molecule has 0 aliphatic carbocycles. The standard InChI is InChI=1S/C55H37N5/c1-5-16-38(17-6-1)39-28-32-41(33-29-39)48-26-13-14-27-49(48)51-37-50(56-52(57-51)43-18-7-2-8-19-43)42-34-30-40(31-35-42)46-24-15-25-47(36-46)55-59-53(44-20-9-3-10-21-44)58-54(60-55)45-22-11-4-12-23-45/h1-37H. The van der Waals surface area contributed by atoms with Crippen LogP contribution in [0.5, 0.6) is 0 Å². The third-order valence-corrected chi connectivity index (χ3v) is 10.6. The van der Waals surface area contributed by atoms with E-state index in [9.17, 15) is 0 Å². The normalized spacial score (nSPS) is 11.0. The van der Waals surface area contributed by atoms with Gasteiger partial charge in [0.15, 0.2) is 23.3 Å². The fraction of sp³-hybridized carbons (Fsp3) is 0. The van der Waals surface area contributed by atoms with Gasteiger partial charge in [-0.2, -0.15) is 0 Å². The first-order valence-electron chi connectivity index (χ1n) is 20.0. The highest BCUT2D eigenvalue weighted by molar-refractivity contribution is 5.85. The Hall–Kier alpha value is -8.15. The molecule has 0 spiro atoms. The molecule has 8 aromatic carbocycles. The Morgan fingerprint density at radius 2 is 0.533 bits per heavy atom. The minimum Gasteiger partial charge on any atom is -0.228 e. The summed E-state index contributed by atoms with van der Waals surface area (Å²) in [6.45, 7) is 0. The molecule has 0 fully saturated rings. The molecule has 0 aliphatic heterocycles. The molecule has 10 rings (SSSR count). The van der Waals surface area contributed by atoms with Gasteiger partial charge in [0, 0.05) is 33.4 Å². The van der Waals surface area contributed by atoms with E-state index in [4.69, 9.17) is 24.9 Å². The van der Waals surface area contributed by atoms with Crippen molar-refractivity contribution in [3.63, 3.8) is 0 Å². The Labute approximate surface area is 349 Å². The van der Waals surface area contributed by atoms with Crippen LogP contribution in [0.4, 0.5) is 0 Å². The number of hydrogen-bond acceptors (Lipinski definition) is 5. The molecule has 2 aromatic heterocycles. The van der Waals surface area contributed by atoms with E-state index >= 15 is 0 Å². The van der Waals surface area contributed by atoms with Crippen LogP contribution in [0.25, 0.3) is 101 Å². The number of hydrogen-bond donors (Lipinski definition) is 0. The molecule has 0 unspecified atom stereocenters. The van der Waals surface area contributed by atoms with E-state index in [1.807, 2.05) is 84.9 Å². The summed E-state index contributed by atoms with van der Waals surface area (Å²) >= 11 is 0. The predicted octanol–water partition coefficient (Wildman–Crippen LogP) is 13.7. The van der Waals surface area contributed by atoms with Crippen molar-refractivity contribution in [2.45, 2.75) is 0 Å². The number of nitrogens with zero attached hydrogens (tertiary/aromatic N) is 5. The maximum absolute atomic E-state index is 5.18. The fourth-order valence-corrected chi connectivity index (χ4v) is 7.49. The van der Waals surface area contributed by atoms with E-state index in [-0.39, 0.29) is 0 Å². The molecule has 5 heteroatoms. The van der Waals surface area contributed by atoms with Gasteiger partial charge in [0.1, 0.15) is 0 Å². The van der Waals surface area contributed by atoms with E-state index in [1.54, 1.807) is 0 Å². The molecule has 282 valence electrons. The molecule has 0 atom stereocenters. The molecular weight excluding hydrogens is 731 g/mol. The largest absolute Gasteiger partial charge is 0.228 e. The smallest absolute Gasteiger partial charge is 0.164 e. The van der Waals surface area contributed by atoms with Crippen LogP contribution in [0.2, 0.25) is 0 Å². The number of rotatable bonds is 9. The van der Waals surface area contributed by atoms with Gasteiger partial charge in [-0.15, -0.1) is 0 Å². The van der Waals surface area contributed by atoms with E-state index in [1.165, 1.54) is 11.1 Å². The van der Waals surface area contributed by atoms with Gasteiger partial charge in [-0.3, -0.25) is 0 Å². The highest BCUT2D eigenvalue weighted by atomic mass is 15.0. The van der Waals surface area contributed by atoms with Crippen LogP contribution in [0.15, 0.2) is 224 Å². The van der Waals surface area contributed by atoms with Crippen molar-refractivity contribution < 1.29 is 0 Å². The van der Waals surface area contributed by atoms with Crippen molar-refractivity contribution in [3.05, 3.63) is 224 Å². The van der Waals surface area contributed by atoms with Crippen LogP contribution in [0.3, 0.4) is 0 Å². The van der Waals surface area contributed by atoms with Crippen molar-refractivity contribution in [1.29, 1.82) is 0 Å². The summed E-state index contributed by atoms with van der Waals surface area (Å²) in [5.74, 6) is 2.57. The minimum absolute atomic E-state index is 0.621. The van der Waals surface area contributed by atoms with Crippen molar-refractivity contribution in [2.75, 3.05) is 0 Å². The van der Waals surface area contributed by atoms with Crippen LogP contribution in [-0.2, 0) is 0 Å². The topological polar surface area (TPSA) is 64.5 Å². The van der Waals surface area contributed by atoms with Gasteiger partial charge < -0.3 is 0 Å². The fourth-order valence-electron chi connectivity index (χ4n) is 7.49. The van der Waals surface area contributed by atoms with Crippen LogP contribution >= 0.6 is 0 Å². The summed E-state index contributed by atoms with van der Waals surface area (Å²) in [5, 5.41) is 0. The van der Waals surface area contributed by atoms with E-state index in [0.717, 1.165) is 67.0 Å². The molecule has 0 aliphatic rings. The maximum Gasteiger partial charge on any atom is 0.164 e. The first-order chi connectivity index (χ1) is 29.7. The van der Waals surface area contributed by atoms with Gasteiger partial charge >= 0.3 is 0 Å². The molecule has 2 heterocycles. The van der Waals surface area contributed by atoms with Gasteiger partial charge in [0.25, 0.3) is 0 Å². The lowest BCUT2D eigenvalue weighted by molar-refractivity contribution is 1.07. The predicted molar refractivity (Wildman–Crippen MR) is 244 cm³/mol. The van der Waals surface area contributed by atoms with Crippen molar-refractivity contribution >= 4 is 0 Å². The summed E-state index contributed by atoms with van der Waals surface area (Å²) in [4.78, 5) is 25.1. The van der Waals surface area contributed by atoms with Crippen molar-refractivity contribution in [3.8, 4) is 101 Å². The first-order valence-corrected chi connectivity index (χ1v) is 20.0. The van der Waals surface area contributed by atoms with E-state index < -0.39 is 0 Å². The second-order valence-corrected chi connectivity index (χ2v) is 14.5. The van der Waals surface area contributed by atoms with Crippen molar-refractivity contribution in [2.24, 2.45) is 0 Å². The lowest BCUT2D eigenvalue weighted by Crippen LogP contribution is -2.00. The molecule has 0 amide bonds. The Kier molecular flexibility index (Phi) is 9.88. The highest BCUT2D eigenvalue weighted by Crippen LogP contribution is 2.36. The molecule has 0 saturated heterocycles. The molecule has 0 N–H and O–H groups in total. The second kappa shape index (κ2) is 16.4. The SMILES string of the molecule is c1ccc(-c2ccc(-c3ccccc3-c3cc(-c4ccc(-c5cccc(-c6nc(-c7ccccc7)nc(-c7ccccc7)n6)c5)cc4)nc(-c4ccccc4)n3)cc2)cc1. The van der Waals surface area contributed by atoms with E-state index in [0.29, 0.717) is 23.3 Å². The monoisotopic (exact) mass is 767 g/mol. The van der Waals surface area contributed by atoms with Gasteiger partial charge in [-0.05, 0) is 45.5 Å². The molecule has 0 bridgehead atoms. The lowest BCUT2D eigenvalue weighted by atomic mass is 9.94. The first kappa shape index (κ1) is 36.2. The van der Waals surface area contributed by atoms with E-state index in [2.05, 4.69) is 140 Å². The van der Waals surface area contributed by atoms with Gasteiger partial charge in [0.2, 0.25) is 0 Å². The highest BCUT2D eigenvalue weighted by Gasteiger charge is 2.16. The van der Waals surface area contributed by atoms with Crippen LogP contribution in [0, 0.1) is 0 Å². The lowest BCUT2D eigenvalue weighted by Gasteiger charge is -2.14. The molecule has 10 aromatic rings. The minimum atomic E-state index is 0.621. The quantitative estimate of drug-likeness (QED) is 0.146. The Morgan fingerprint density at radius 3 is 1.08 bits per heavy atom. The molecule has 5 nitrogen and oxygen atoms in total. The van der Waals surface area contributed by atoms with Crippen LogP contribution in [-0.4, -0.2) is 24.9 Å². The zero-order valence-corrected chi connectivity index (χ0v) is 32.6. The third kappa shape index (κ3) is 7.63. The zero-order chi connectivity index (χ0) is 40.1. The average molecular weight is 768 g/mol. The van der Waals surface area contributed by atoms with Gasteiger partial charge in [0.05, 0.1) is 11.4 Å². The molecule has 0 saturated carbocycles. The Morgan fingerprint density at radius 1 is 0.183 bits per heavy atom. The number of benzene rings is 8. The van der Waals surface area contributed by atoms with Crippen LogP contribution in [0.1, 0.15) is 0 Å². The summed E-state index contributed by atoms with van der Waals surface area (Å²) in [6.07, 6.45) is 0. The Balaban J connectivity index is 1.00. The summed E-state index contributed by atoms with van der Waals surface area (Å²) in [6, 6.07) is 77.1. The van der Waals surface area contributed by atoms with Gasteiger partial charge in [-0.25, -0.2) is 24.9 Å². The van der Waals surface area contributed by atoms with Crippen molar-refractivity contribution in [1.82, 2.24) is 24.9 Å². The van der Waals surface area contributed by atoms with Gasteiger partial charge in [-0.1, -0.05) is 212 Å². The summed E-state index contributed by atoms with van der Waals surface area (Å²) in [5.41, 5.74) is 14.3. The summed E-state index contributed by atoms with van der Waals surface area (Å²) in [7, 11) is 0. The zero-order valence-electron chi connectivity index (χ0n) is 32.6. The molecular formula is C55H37N5.